The smallest absolute Gasteiger partial charge is 0.309 e. The second-order valence-electron chi connectivity index (χ2n) is 16.2. The minimum absolute atomic E-state index is 0.0497. The van der Waals surface area contributed by atoms with E-state index in [0.29, 0.717) is 12.7 Å². The standard InChI is InChI=1S/C39H63NO16/c1-19-15-25(13-14-41)35(36(48-10)29(52-23(5)42)17-30(45)49-20(2)16-28-27(54-28)12-11-26(19)44)56-38-33(46)32(40(8)9)34(21(3)51-38)55-31-18-39(7,47)37(22(4)50-31)53-24(6)43/h11-12,14,19-22,25-29,31-38,44,46-47H,13,15-18H2,1-10H3/b12-11+/t19?,20?,21-,22+,25?,26?,27?,28?,29?,31+,32-,33-,34-,35?,36?,37+,38+,39-/m1/s1. The van der Waals surface area contributed by atoms with E-state index in [9.17, 15) is 34.5 Å². The first-order valence-electron chi connectivity index (χ1n) is 19.5. The molecule has 3 saturated heterocycles. The summed E-state index contributed by atoms with van der Waals surface area (Å²) in [6, 6.07) is -0.782. The molecular weight excluding hydrogens is 738 g/mol. The Morgan fingerprint density at radius 3 is 2.21 bits per heavy atom. The summed E-state index contributed by atoms with van der Waals surface area (Å²) in [5.74, 6) is -3.04. The summed E-state index contributed by atoms with van der Waals surface area (Å²) in [4.78, 5) is 51.5. The number of hydrogen-bond acceptors (Lipinski definition) is 17. The normalized spacial score (nSPS) is 44.5. The van der Waals surface area contributed by atoms with Crippen molar-refractivity contribution in [2.24, 2.45) is 11.8 Å². The first kappa shape index (κ1) is 46.1. The van der Waals surface area contributed by atoms with Gasteiger partial charge in [0.05, 0.1) is 43.0 Å². The first-order chi connectivity index (χ1) is 26.3. The maximum Gasteiger partial charge on any atom is 0.309 e. The highest BCUT2D eigenvalue weighted by Gasteiger charge is 2.53. The van der Waals surface area contributed by atoms with Crippen molar-refractivity contribution in [1.82, 2.24) is 4.90 Å². The Hall–Kier alpha value is -2.58. The number of fused-ring (bicyclic) bond motifs is 1. The molecule has 320 valence electrons. The van der Waals surface area contributed by atoms with Gasteiger partial charge in [0, 0.05) is 40.2 Å². The number of carbonyl (C=O) groups is 4. The molecule has 0 saturated carbocycles. The van der Waals surface area contributed by atoms with Crippen molar-refractivity contribution in [3.05, 3.63) is 12.2 Å². The number of carbonyl (C=O) groups excluding carboxylic acids is 4. The molecule has 56 heavy (non-hydrogen) atoms. The number of nitrogens with zero attached hydrogens (tertiary/aromatic N) is 1. The summed E-state index contributed by atoms with van der Waals surface area (Å²) >= 11 is 0. The number of rotatable bonds is 10. The third-order valence-corrected chi connectivity index (χ3v) is 11.0. The zero-order valence-electron chi connectivity index (χ0n) is 34.2. The number of epoxide rings is 1. The number of aliphatic hydroxyl groups is 3. The number of aldehydes is 1. The Bertz CT molecular complexity index is 1360. The molecule has 0 aromatic rings. The molecule has 0 radical (unpaired) electrons. The van der Waals surface area contributed by atoms with Crippen LogP contribution in [-0.2, 0) is 61.8 Å². The Morgan fingerprint density at radius 2 is 1.62 bits per heavy atom. The second-order valence-corrected chi connectivity index (χ2v) is 16.2. The van der Waals surface area contributed by atoms with Crippen LogP contribution in [0.2, 0.25) is 0 Å². The number of hydrogen-bond donors (Lipinski definition) is 3. The molecule has 0 bridgehead atoms. The van der Waals surface area contributed by atoms with Gasteiger partial charge in [-0.05, 0) is 60.0 Å². The van der Waals surface area contributed by atoms with E-state index in [1.165, 1.54) is 27.9 Å². The summed E-state index contributed by atoms with van der Waals surface area (Å²) < 4.78 is 53.8. The van der Waals surface area contributed by atoms with E-state index in [0.717, 1.165) is 0 Å². The lowest BCUT2D eigenvalue weighted by atomic mass is 9.82. The van der Waals surface area contributed by atoms with Gasteiger partial charge in [-0.25, -0.2) is 0 Å². The number of methoxy groups -OCH3 is 1. The molecule has 17 nitrogen and oxygen atoms in total. The summed E-state index contributed by atoms with van der Waals surface area (Å²) in [6.45, 7) is 10.9. The molecule has 3 N–H and O–H groups in total. The van der Waals surface area contributed by atoms with Crippen molar-refractivity contribution in [1.29, 1.82) is 0 Å². The lowest BCUT2D eigenvalue weighted by molar-refractivity contribution is -0.344. The molecule has 0 aromatic heterocycles. The molecular formula is C39H63NO16. The summed E-state index contributed by atoms with van der Waals surface area (Å²) in [6.07, 6.45) is -8.25. The van der Waals surface area contributed by atoms with E-state index in [2.05, 4.69) is 0 Å². The van der Waals surface area contributed by atoms with E-state index in [1.54, 1.807) is 51.9 Å². The van der Waals surface area contributed by atoms with Gasteiger partial charge in [-0.2, -0.15) is 0 Å². The molecule has 4 aliphatic heterocycles. The highest BCUT2D eigenvalue weighted by Crippen LogP contribution is 2.38. The third-order valence-electron chi connectivity index (χ3n) is 11.0. The van der Waals surface area contributed by atoms with Crippen molar-refractivity contribution in [2.45, 2.75) is 178 Å². The van der Waals surface area contributed by atoms with Crippen LogP contribution in [0.1, 0.15) is 80.6 Å². The van der Waals surface area contributed by atoms with E-state index in [4.69, 9.17) is 42.6 Å². The maximum absolute atomic E-state index is 13.3. The number of ether oxygens (including phenoxy) is 9. The maximum atomic E-state index is 13.3. The number of cyclic esters (lactones) is 1. The van der Waals surface area contributed by atoms with Gasteiger partial charge in [0.1, 0.15) is 48.5 Å². The predicted octanol–water partition coefficient (Wildman–Crippen LogP) is 1.20. The minimum Gasteiger partial charge on any atom is -0.462 e. The molecule has 4 aliphatic rings. The summed E-state index contributed by atoms with van der Waals surface area (Å²) in [7, 11) is 4.84. The van der Waals surface area contributed by atoms with Crippen molar-refractivity contribution < 1.29 is 77.1 Å². The topological polar surface area (TPSA) is 219 Å². The molecule has 4 rings (SSSR count). The molecule has 0 amide bonds. The minimum atomic E-state index is -1.49. The molecule has 0 spiro atoms. The largest absolute Gasteiger partial charge is 0.462 e. The highest BCUT2D eigenvalue weighted by molar-refractivity contribution is 5.72. The molecule has 4 heterocycles. The van der Waals surface area contributed by atoms with Crippen LogP contribution in [-0.4, -0.2) is 163 Å². The van der Waals surface area contributed by atoms with E-state index in [1.807, 2.05) is 6.92 Å². The highest BCUT2D eigenvalue weighted by atomic mass is 16.7. The fourth-order valence-corrected chi connectivity index (χ4v) is 8.27. The van der Waals surface area contributed by atoms with Gasteiger partial charge >= 0.3 is 17.9 Å². The number of aliphatic hydroxyl groups excluding tert-OH is 2. The van der Waals surface area contributed by atoms with Crippen molar-refractivity contribution in [2.75, 3.05) is 21.2 Å². The Balaban J connectivity index is 1.66. The molecule has 0 aliphatic carbocycles. The Kier molecular flexibility index (Phi) is 16.4. The molecule has 17 heteroatoms. The Labute approximate surface area is 329 Å². The lowest BCUT2D eigenvalue weighted by Crippen LogP contribution is -2.66. The van der Waals surface area contributed by atoms with Gasteiger partial charge in [-0.3, -0.25) is 14.4 Å². The lowest BCUT2D eigenvalue weighted by Gasteiger charge is -2.50. The van der Waals surface area contributed by atoms with E-state index >= 15 is 0 Å². The average Bonchev–Trinajstić information content (AvgIpc) is 3.82. The first-order valence-corrected chi connectivity index (χ1v) is 19.5. The predicted molar refractivity (Wildman–Crippen MR) is 196 cm³/mol. The van der Waals surface area contributed by atoms with Gasteiger partial charge in [-0.1, -0.05) is 19.1 Å². The fourth-order valence-electron chi connectivity index (χ4n) is 8.27. The van der Waals surface area contributed by atoms with Gasteiger partial charge in [0.25, 0.3) is 0 Å². The molecule has 3 fully saturated rings. The quantitative estimate of drug-likeness (QED) is 0.0929. The van der Waals surface area contributed by atoms with Gasteiger partial charge in [0.2, 0.25) is 0 Å². The molecule has 0 aromatic carbocycles. The van der Waals surface area contributed by atoms with Crippen molar-refractivity contribution in [3.63, 3.8) is 0 Å². The molecule has 9 unspecified atom stereocenters. The summed E-state index contributed by atoms with van der Waals surface area (Å²) in [5.41, 5.74) is -1.49. The van der Waals surface area contributed by atoms with Crippen LogP contribution in [0.4, 0.5) is 0 Å². The van der Waals surface area contributed by atoms with Crippen LogP contribution in [0.3, 0.4) is 0 Å². The second kappa shape index (κ2) is 19.9. The van der Waals surface area contributed by atoms with E-state index in [-0.39, 0.29) is 31.5 Å². The number of esters is 3. The van der Waals surface area contributed by atoms with Crippen LogP contribution >= 0.6 is 0 Å². The number of likely N-dealkylation sites (N-methyl/N-ethyl adjacent to an activating group) is 1. The molecule has 18 atom stereocenters. The van der Waals surface area contributed by atoms with Crippen LogP contribution in [0.25, 0.3) is 0 Å². The monoisotopic (exact) mass is 801 g/mol. The average molecular weight is 802 g/mol. The van der Waals surface area contributed by atoms with Gasteiger partial charge < -0.3 is 67.6 Å². The van der Waals surface area contributed by atoms with Gasteiger partial charge in [0.15, 0.2) is 18.7 Å². The zero-order chi connectivity index (χ0) is 41.6. The Morgan fingerprint density at radius 1 is 0.946 bits per heavy atom. The van der Waals surface area contributed by atoms with Gasteiger partial charge in [-0.15, -0.1) is 0 Å². The van der Waals surface area contributed by atoms with Crippen molar-refractivity contribution in [3.8, 4) is 0 Å². The van der Waals surface area contributed by atoms with Crippen LogP contribution in [0.5, 0.6) is 0 Å². The van der Waals surface area contributed by atoms with Crippen LogP contribution in [0, 0.1) is 11.8 Å². The SMILES string of the molecule is COC1C(OC(C)=O)CC(=O)OC(C)CC2OC2/C=C/C(O)C(C)CC(CC=O)C1O[C@@H]1O[C@H](C)[C@@H](O[C@H]2C[C@@](C)(O)[C@@H](OC(C)=O)[C@H](C)O2)[C@H](N(C)C)[C@H]1O. The van der Waals surface area contributed by atoms with Crippen molar-refractivity contribution >= 4 is 24.2 Å². The van der Waals surface area contributed by atoms with E-state index < -0.39 is 121 Å². The fraction of sp³-hybridized carbons (Fsp3) is 0.846. The third kappa shape index (κ3) is 12.0. The van der Waals surface area contributed by atoms with Crippen LogP contribution < -0.4 is 0 Å². The summed E-state index contributed by atoms with van der Waals surface area (Å²) in [5, 5.41) is 34.4. The van der Waals surface area contributed by atoms with Crippen LogP contribution in [0.15, 0.2) is 12.2 Å². The zero-order valence-corrected chi connectivity index (χ0v) is 34.2.